The summed E-state index contributed by atoms with van der Waals surface area (Å²) in [4.78, 5) is 16.9. The van der Waals surface area contributed by atoms with Crippen molar-refractivity contribution >= 4 is 34.9 Å². The lowest BCUT2D eigenvalue weighted by Crippen LogP contribution is -2.31. The quantitative estimate of drug-likeness (QED) is 0.664. The molecule has 0 spiro atoms. The summed E-state index contributed by atoms with van der Waals surface area (Å²) >= 11 is 12.5. The first-order valence-corrected chi connectivity index (χ1v) is 9.36. The second-order valence-electron chi connectivity index (χ2n) is 6.53. The zero-order valence-corrected chi connectivity index (χ0v) is 15.6. The second-order valence-corrected chi connectivity index (χ2v) is 7.31. The molecule has 0 fully saturated rings. The highest BCUT2D eigenvalue weighted by Gasteiger charge is 2.37. The first kappa shape index (κ1) is 16.6. The van der Waals surface area contributed by atoms with E-state index in [2.05, 4.69) is 15.4 Å². The van der Waals surface area contributed by atoms with E-state index in [0.29, 0.717) is 45.1 Å². The zero-order chi connectivity index (χ0) is 18.5. The fraction of sp³-hybridized carbons (Fsp3) is 0.211. The molecule has 1 N–H and O–H groups in total. The van der Waals surface area contributed by atoms with Gasteiger partial charge in [0.2, 0.25) is 5.95 Å². The Balaban J connectivity index is 1.64. The summed E-state index contributed by atoms with van der Waals surface area (Å²) in [5, 5.41) is 8.42. The lowest BCUT2D eigenvalue weighted by Gasteiger charge is -2.30. The highest BCUT2D eigenvalue weighted by Crippen LogP contribution is 2.42. The van der Waals surface area contributed by atoms with Crippen molar-refractivity contribution in [2.45, 2.75) is 25.3 Å². The molecule has 0 saturated heterocycles. The van der Waals surface area contributed by atoms with E-state index >= 15 is 0 Å². The molecular weight excluding hydrogens is 387 g/mol. The molecule has 27 heavy (non-hydrogen) atoms. The average Bonchev–Trinajstić information content (AvgIpc) is 3.32. The third-order valence-corrected chi connectivity index (χ3v) is 5.74. The number of aromatic nitrogens is 3. The van der Waals surface area contributed by atoms with Crippen LogP contribution in [-0.4, -0.2) is 20.5 Å². The predicted molar refractivity (Wildman–Crippen MR) is 102 cm³/mol. The van der Waals surface area contributed by atoms with Gasteiger partial charge in [-0.1, -0.05) is 29.3 Å². The number of benzene rings is 1. The first-order valence-electron chi connectivity index (χ1n) is 8.60. The number of hydrogen-bond donors (Lipinski definition) is 1. The van der Waals surface area contributed by atoms with E-state index in [4.69, 9.17) is 27.6 Å². The number of anilines is 1. The fourth-order valence-electron chi connectivity index (χ4n) is 3.70. The summed E-state index contributed by atoms with van der Waals surface area (Å²) in [6.45, 7) is 0. The lowest BCUT2D eigenvalue weighted by atomic mass is 9.88. The van der Waals surface area contributed by atoms with Crippen LogP contribution in [-0.2, 0) is 4.79 Å². The van der Waals surface area contributed by atoms with Crippen molar-refractivity contribution in [2.24, 2.45) is 0 Å². The topological polar surface area (TPSA) is 73.0 Å². The molecule has 6 nitrogen and oxygen atoms in total. The van der Waals surface area contributed by atoms with Gasteiger partial charge in [0, 0.05) is 23.3 Å². The smallest absolute Gasteiger partial charge is 0.226 e. The number of fused-ring (bicyclic) bond motifs is 1. The van der Waals surface area contributed by atoms with E-state index in [1.54, 1.807) is 10.7 Å². The van der Waals surface area contributed by atoms with Gasteiger partial charge in [0.15, 0.2) is 5.78 Å². The first-order chi connectivity index (χ1) is 13.1. The predicted octanol–water partition coefficient (Wildman–Crippen LogP) is 4.87. The molecule has 136 valence electrons. The van der Waals surface area contributed by atoms with Crippen molar-refractivity contribution in [1.82, 2.24) is 14.8 Å². The van der Waals surface area contributed by atoms with Crippen LogP contribution in [0.1, 0.15) is 31.1 Å². The van der Waals surface area contributed by atoms with Crippen LogP contribution < -0.4 is 5.32 Å². The molecule has 0 bridgehead atoms. The summed E-state index contributed by atoms with van der Waals surface area (Å²) < 4.78 is 7.81. The Morgan fingerprint density at radius 1 is 1.19 bits per heavy atom. The molecule has 2 aliphatic rings. The van der Waals surface area contributed by atoms with Crippen molar-refractivity contribution in [3.63, 3.8) is 0 Å². The van der Waals surface area contributed by atoms with Crippen molar-refractivity contribution < 1.29 is 9.21 Å². The number of furan rings is 1. The lowest BCUT2D eigenvalue weighted by molar-refractivity contribution is -0.116. The Kier molecular flexibility index (Phi) is 3.84. The van der Waals surface area contributed by atoms with E-state index in [1.165, 1.54) is 6.33 Å². The summed E-state index contributed by atoms with van der Waals surface area (Å²) in [6.07, 6.45) is 3.62. The number of nitrogens with one attached hydrogen (secondary N) is 1. The molecular formula is C19H14Cl2N4O2. The summed E-state index contributed by atoms with van der Waals surface area (Å²) in [7, 11) is 0. The monoisotopic (exact) mass is 400 g/mol. The SMILES string of the molecule is O=C1CCCC2=C1C(c1ccc(-c3cccc(Cl)c3Cl)o1)n1ncnc1N2. The Bertz CT molecular complexity index is 1100. The van der Waals surface area contributed by atoms with Crippen LogP contribution in [0.15, 0.2) is 52.3 Å². The van der Waals surface area contributed by atoms with Crippen LogP contribution in [0.5, 0.6) is 0 Å². The number of hydrogen-bond acceptors (Lipinski definition) is 5. The van der Waals surface area contributed by atoms with Crippen molar-refractivity contribution in [3.8, 4) is 11.3 Å². The van der Waals surface area contributed by atoms with Gasteiger partial charge in [-0.2, -0.15) is 10.1 Å². The van der Waals surface area contributed by atoms with Gasteiger partial charge in [0.05, 0.1) is 10.0 Å². The minimum absolute atomic E-state index is 0.105. The second kappa shape index (κ2) is 6.25. The largest absolute Gasteiger partial charge is 0.458 e. The normalized spacial score (nSPS) is 18.9. The number of ketones is 1. The van der Waals surface area contributed by atoms with Gasteiger partial charge in [-0.05, 0) is 37.1 Å². The third-order valence-electron chi connectivity index (χ3n) is 4.92. The van der Waals surface area contributed by atoms with Gasteiger partial charge in [-0.15, -0.1) is 0 Å². The van der Waals surface area contributed by atoms with Crippen molar-refractivity contribution in [3.05, 3.63) is 63.7 Å². The summed E-state index contributed by atoms with van der Waals surface area (Å²) in [5.74, 6) is 1.90. The van der Waals surface area contributed by atoms with Gasteiger partial charge < -0.3 is 9.73 Å². The van der Waals surface area contributed by atoms with E-state index < -0.39 is 6.04 Å². The van der Waals surface area contributed by atoms with Gasteiger partial charge in [-0.25, -0.2) is 4.68 Å². The van der Waals surface area contributed by atoms with Gasteiger partial charge in [0.1, 0.15) is 23.9 Å². The molecule has 1 unspecified atom stereocenters. The molecule has 3 aromatic rings. The third kappa shape index (κ3) is 2.59. The minimum atomic E-state index is -0.446. The van der Waals surface area contributed by atoms with E-state index in [1.807, 2.05) is 24.3 Å². The van der Waals surface area contributed by atoms with Crippen LogP contribution in [0.3, 0.4) is 0 Å². The van der Waals surface area contributed by atoms with Crippen LogP contribution in [0, 0.1) is 0 Å². The Morgan fingerprint density at radius 3 is 2.96 bits per heavy atom. The Morgan fingerprint density at radius 2 is 2.07 bits per heavy atom. The van der Waals surface area contributed by atoms with Crippen LogP contribution in [0.25, 0.3) is 11.3 Å². The molecule has 3 heterocycles. The minimum Gasteiger partial charge on any atom is -0.458 e. The summed E-state index contributed by atoms with van der Waals surface area (Å²) in [6, 6.07) is 8.62. The standard InChI is InChI=1S/C19H14Cl2N4O2/c20-11-4-1-3-10(17(11)21)14-7-8-15(27-14)18-16-12(5-2-6-13(16)26)24-19-22-9-23-25(18)19/h1,3-4,7-9,18H,2,5-6H2,(H,22,23,24). The number of carbonyl (C=O) groups excluding carboxylic acids is 1. The van der Waals surface area contributed by atoms with E-state index in [-0.39, 0.29) is 5.78 Å². The number of rotatable bonds is 2. The molecule has 2 aromatic heterocycles. The zero-order valence-electron chi connectivity index (χ0n) is 14.1. The number of carbonyl (C=O) groups is 1. The van der Waals surface area contributed by atoms with Gasteiger partial charge in [0.25, 0.3) is 0 Å². The number of allylic oxidation sites excluding steroid dienone is 2. The maximum atomic E-state index is 12.7. The highest BCUT2D eigenvalue weighted by molar-refractivity contribution is 6.43. The van der Waals surface area contributed by atoms with Crippen LogP contribution in [0.2, 0.25) is 10.0 Å². The molecule has 1 aliphatic carbocycles. The average molecular weight is 401 g/mol. The van der Waals surface area contributed by atoms with Crippen molar-refractivity contribution in [2.75, 3.05) is 5.32 Å². The van der Waals surface area contributed by atoms with E-state index in [0.717, 1.165) is 18.5 Å². The molecule has 5 rings (SSSR count). The fourth-order valence-corrected chi connectivity index (χ4v) is 4.09. The molecule has 1 aliphatic heterocycles. The maximum absolute atomic E-state index is 12.7. The molecule has 0 amide bonds. The van der Waals surface area contributed by atoms with Crippen molar-refractivity contribution in [1.29, 1.82) is 0 Å². The number of nitrogens with zero attached hydrogens (tertiary/aromatic N) is 3. The van der Waals surface area contributed by atoms with Crippen LogP contribution >= 0.6 is 23.2 Å². The van der Waals surface area contributed by atoms with Crippen LogP contribution in [0.4, 0.5) is 5.95 Å². The number of Topliss-reactive ketones (excluding diaryl/α,β-unsaturated/α-hetero) is 1. The Labute approximate surface area is 164 Å². The summed E-state index contributed by atoms with van der Waals surface area (Å²) in [5.41, 5.74) is 2.29. The molecule has 1 atom stereocenters. The number of halogens is 2. The maximum Gasteiger partial charge on any atom is 0.226 e. The van der Waals surface area contributed by atoms with Gasteiger partial charge in [-0.3, -0.25) is 4.79 Å². The molecule has 0 radical (unpaired) electrons. The molecule has 1 aromatic carbocycles. The Hall–Kier alpha value is -2.57. The van der Waals surface area contributed by atoms with Gasteiger partial charge >= 0.3 is 0 Å². The highest BCUT2D eigenvalue weighted by atomic mass is 35.5. The van der Waals surface area contributed by atoms with E-state index in [9.17, 15) is 4.79 Å². The molecule has 8 heteroatoms. The molecule has 0 saturated carbocycles.